The standard InChI is InChI=1S/C44H61N3O10/c1-27(2)41(42(52)46-34(43(53)56-33-10-6-7-11-33)14-17-39(50)55-32-8-4-5-9-32)47-38(49)26-45-37(48)16-13-28-12-15-35(36(21-28)54-3)57-40(51)25-44-22-29-18-30(23-44)20-31(19-29)24-44/h12-13,15-16,21,27,29-34,41H,4-11,14,17-20,22-26H2,1-3H3,(H,45,48)(H,46,52)(H,47,49)/b16-13+/t29?,30?,31?,34-,41+,44?/m1/s1. The van der Waals surface area contributed by atoms with Crippen LogP contribution in [0.1, 0.15) is 129 Å². The zero-order valence-corrected chi connectivity index (χ0v) is 33.8. The van der Waals surface area contributed by atoms with E-state index in [4.69, 9.17) is 18.9 Å². The SMILES string of the molecule is COc1cc(/C=C/C(=O)NCC(=O)N[C@H](C(=O)N[C@H](CCC(=O)OC2CCCC2)C(=O)OC2CCCC2)C(C)C)ccc1OC(=O)CC12CC3CC(CC(C3)C1)C2. The molecule has 4 bridgehead atoms. The number of carbonyl (C=O) groups is 6. The maximum absolute atomic E-state index is 13.5. The highest BCUT2D eigenvalue weighted by molar-refractivity contribution is 5.96. The zero-order valence-electron chi connectivity index (χ0n) is 33.8. The van der Waals surface area contributed by atoms with Crippen molar-refractivity contribution in [2.24, 2.45) is 29.1 Å². The number of rotatable bonds is 18. The Morgan fingerprint density at radius 2 is 1.42 bits per heavy atom. The number of carbonyl (C=O) groups excluding carboxylic acids is 6. The van der Waals surface area contributed by atoms with E-state index in [1.807, 2.05) is 0 Å². The highest BCUT2D eigenvalue weighted by Crippen LogP contribution is 2.61. The lowest BCUT2D eigenvalue weighted by atomic mass is 9.49. The summed E-state index contributed by atoms with van der Waals surface area (Å²) >= 11 is 0. The first-order chi connectivity index (χ1) is 27.4. The Labute approximate surface area is 336 Å². The van der Waals surface area contributed by atoms with Gasteiger partial charge in [0.1, 0.15) is 24.3 Å². The Morgan fingerprint density at radius 1 is 0.807 bits per heavy atom. The third-order valence-electron chi connectivity index (χ3n) is 12.6. The zero-order chi connectivity index (χ0) is 40.5. The van der Waals surface area contributed by atoms with Crippen LogP contribution in [0.5, 0.6) is 11.5 Å². The van der Waals surface area contributed by atoms with Gasteiger partial charge >= 0.3 is 17.9 Å². The summed E-state index contributed by atoms with van der Waals surface area (Å²) < 4.78 is 22.6. The molecule has 2 atom stereocenters. The Morgan fingerprint density at radius 3 is 2.02 bits per heavy atom. The highest BCUT2D eigenvalue weighted by atomic mass is 16.6. The van der Waals surface area contributed by atoms with Gasteiger partial charge in [0.25, 0.3) is 0 Å². The van der Waals surface area contributed by atoms with E-state index in [0.717, 1.165) is 88.4 Å². The number of hydrogen-bond donors (Lipinski definition) is 3. The van der Waals surface area contributed by atoms with Crippen molar-refractivity contribution >= 4 is 41.7 Å². The van der Waals surface area contributed by atoms with Crippen LogP contribution < -0.4 is 25.4 Å². The van der Waals surface area contributed by atoms with Gasteiger partial charge in [0.15, 0.2) is 11.5 Å². The predicted octanol–water partition coefficient (Wildman–Crippen LogP) is 5.71. The average molecular weight is 792 g/mol. The molecule has 7 rings (SSSR count). The van der Waals surface area contributed by atoms with Gasteiger partial charge in [-0.05, 0) is 149 Å². The molecule has 1 aromatic rings. The quantitative estimate of drug-likeness (QED) is 0.0949. The number of amides is 3. The summed E-state index contributed by atoms with van der Waals surface area (Å²) in [5.74, 6) is -0.458. The molecule has 0 radical (unpaired) electrons. The van der Waals surface area contributed by atoms with E-state index >= 15 is 0 Å². The highest BCUT2D eigenvalue weighted by Gasteiger charge is 2.51. The van der Waals surface area contributed by atoms with E-state index in [9.17, 15) is 28.8 Å². The van der Waals surface area contributed by atoms with Crippen LogP contribution >= 0.6 is 0 Å². The molecule has 6 fully saturated rings. The largest absolute Gasteiger partial charge is 0.493 e. The Kier molecular flexibility index (Phi) is 14.3. The molecule has 0 aliphatic heterocycles. The van der Waals surface area contributed by atoms with Crippen LogP contribution in [0, 0.1) is 29.1 Å². The molecule has 0 unspecified atom stereocenters. The number of hydrogen-bond acceptors (Lipinski definition) is 10. The smallest absolute Gasteiger partial charge is 0.328 e. The second-order valence-electron chi connectivity index (χ2n) is 17.7. The number of ether oxygens (including phenoxy) is 4. The minimum Gasteiger partial charge on any atom is -0.493 e. The molecule has 0 heterocycles. The monoisotopic (exact) mass is 791 g/mol. The van der Waals surface area contributed by atoms with Gasteiger partial charge in [-0.1, -0.05) is 19.9 Å². The van der Waals surface area contributed by atoms with E-state index in [0.29, 0.717) is 23.5 Å². The van der Waals surface area contributed by atoms with Crippen LogP contribution in [0.2, 0.25) is 0 Å². The molecular weight excluding hydrogens is 730 g/mol. The first-order valence-electron chi connectivity index (χ1n) is 21.2. The summed E-state index contributed by atoms with van der Waals surface area (Å²) in [5, 5.41) is 7.90. The second kappa shape index (κ2) is 19.4. The first kappa shape index (κ1) is 42.2. The molecule has 0 aromatic heterocycles. The van der Waals surface area contributed by atoms with Gasteiger partial charge in [0.05, 0.1) is 20.1 Å². The first-order valence-corrected chi connectivity index (χ1v) is 21.2. The molecule has 6 aliphatic carbocycles. The van der Waals surface area contributed by atoms with Crippen molar-refractivity contribution in [3.05, 3.63) is 29.8 Å². The molecule has 6 aliphatic rings. The number of benzene rings is 1. The average Bonchev–Trinajstić information content (AvgIpc) is 3.88. The van der Waals surface area contributed by atoms with Gasteiger partial charge < -0.3 is 34.9 Å². The lowest BCUT2D eigenvalue weighted by molar-refractivity contribution is -0.154. The van der Waals surface area contributed by atoms with Crippen molar-refractivity contribution < 1.29 is 47.7 Å². The molecule has 0 spiro atoms. The van der Waals surface area contributed by atoms with Crippen LogP contribution in [-0.2, 0) is 38.2 Å². The minimum atomic E-state index is -1.09. The second-order valence-corrected chi connectivity index (χ2v) is 17.7. The van der Waals surface area contributed by atoms with Crippen molar-refractivity contribution in [2.75, 3.05) is 13.7 Å². The van der Waals surface area contributed by atoms with Crippen LogP contribution in [0.4, 0.5) is 0 Å². The summed E-state index contributed by atoms with van der Waals surface area (Å²) in [5.41, 5.74) is 0.685. The lowest BCUT2D eigenvalue weighted by Gasteiger charge is -2.56. The molecule has 13 nitrogen and oxygen atoms in total. The fourth-order valence-electron chi connectivity index (χ4n) is 10.3. The molecule has 13 heteroatoms. The number of methoxy groups -OCH3 is 1. The molecule has 312 valence electrons. The van der Waals surface area contributed by atoms with E-state index in [-0.39, 0.29) is 42.4 Å². The van der Waals surface area contributed by atoms with E-state index < -0.39 is 48.3 Å². The van der Waals surface area contributed by atoms with E-state index in [1.54, 1.807) is 38.1 Å². The number of nitrogens with one attached hydrogen (secondary N) is 3. The van der Waals surface area contributed by atoms with E-state index in [1.165, 1.54) is 32.4 Å². The van der Waals surface area contributed by atoms with Crippen molar-refractivity contribution in [1.29, 1.82) is 0 Å². The fourth-order valence-corrected chi connectivity index (χ4v) is 10.3. The maximum atomic E-state index is 13.5. The van der Waals surface area contributed by atoms with Crippen molar-refractivity contribution in [3.8, 4) is 11.5 Å². The third kappa shape index (κ3) is 11.8. The van der Waals surface area contributed by atoms with Gasteiger partial charge in [-0.25, -0.2) is 4.79 Å². The van der Waals surface area contributed by atoms with Crippen LogP contribution in [0.25, 0.3) is 6.08 Å². The van der Waals surface area contributed by atoms with Gasteiger partial charge in [-0.2, -0.15) is 0 Å². The normalized spacial score (nSPS) is 25.2. The summed E-state index contributed by atoms with van der Waals surface area (Å²) in [6, 6.07) is 2.92. The van der Waals surface area contributed by atoms with Crippen molar-refractivity contribution in [2.45, 2.75) is 147 Å². The third-order valence-corrected chi connectivity index (χ3v) is 12.6. The maximum Gasteiger partial charge on any atom is 0.328 e. The van der Waals surface area contributed by atoms with Gasteiger partial charge in [-0.15, -0.1) is 0 Å². The molecule has 0 saturated heterocycles. The molecule has 3 amide bonds. The van der Waals surface area contributed by atoms with Crippen LogP contribution in [0.15, 0.2) is 24.3 Å². The Balaban J connectivity index is 0.968. The summed E-state index contributed by atoms with van der Waals surface area (Å²) in [6.45, 7) is 3.10. The predicted molar refractivity (Wildman–Crippen MR) is 211 cm³/mol. The number of esters is 3. The Bertz CT molecular complexity index is 1630. The Hall–Kier alpha value is -4.42. The van der Waals surface area contributed by atoms with Crippen LogP contribution in [-0.4, -0.2) is 73.6 Å². The van der Waals surface area contributed by atoms with Crippen molar-refractivity contribution in [1.82, 2.24) is 16.0 Å². The topological polar surface area (TPSA) is 175 Å². The fraction of sp³-hybridized carbons (Fsp3) is 0.682. The molecule has 3 N–H and O–H groups in total. The summed E-state index contributed by atoms with van der Waals surface area (Å²) in [6.07, 6.45) is 17.2. The summed E-state index contributed by atoms with van der Waals surface area (Å²) in [7, 11) is 1.49. The summed E-state index contributed by atoms with van der Waals surface area (Å²) in [4.78, 5) is 78.0. The molecule has 6 saturated carbocycles. The lowest BCUT2D eigenvalue weighted by Crippen LogP contribution is -2.55. The molecule has 57 heavy (non-hydrogen) atoms. The molecule has 1 aromatic carbocycles. The van der Waals surface area contributed by atoms with Crippen molar-refractivity contribution in [3.63, 3.8) is 0 Å². The van der Waals surface area contributed by atoms with Gasteiger partial charge in [-0.3, -0.25) is 24.0 Å². The van der Waals surface area contributed by atoms with Gasteiger partial charge in [0, 0.05) is 12.5 Å². The minimum absolute atomic E-state index is 0.00538. The van der Waals surface area contributed by atoms with Crippen LogP contribution in [0.3, 0.4) is 0 Å². The van der Waals surface area contributed by atoms with E-state index in [2.05, 4.69) is 16.0 Å². The van der Waals surface area contributed by atoms with Gasteiger partial charge in [0.2, 0.25) is 17.7 Å². The molecular formula is C44H61N3O10.